The van der Waals surface area contributed by atoms with Gasteiger partial charge in [-0.05, 0) is 13.8 Å². The van der Waals surface area contributed by atoms with Crippen molar-refractivity contribution in [2.45, 2.75) is 33.4 Å². The third kappa shape index (κ3) is 4.25. The zero-order valence-electron chi connectivity index (χ0n) is 11.6. The summed E-state index contributed by atoms with van der Waals surface area (Å²) in [5.41, 5.74) is 0.630. The standard InChI is InChI=1S/C12H19F3N4/c1-5-9-17-10(16-6-2)8(3)11(18-9)19(4)7-12(13,14)15/h5-7H2,1-4H3,(H,16,17,18). The van der Waals surface area contributed by atoms with E-state index in [0.29, 0.717) is 36.0 Å². The number of hydrogen-bond acceptors (Lipinski definition) is 4. The fourth-order valence-electron chi connectivity index (χ4n) is 1.76. The highest BCUT2D eigenvalue weighted by atomic mass is 19.4. The molecule has 0 aliphatic rings. The Balaban J connectivity index is 3.14. The molecule has 0 saturated heterocycles. The van der Waals surface area contributed by atoms with Crippen LogP contribution in [0, 0.1) is 6.92 Å². The van der Waals surface area contributed by atoms with Crippen molar-refractivity contribution in [3.63, 3.8) is 0 Å². The molecule has 0 spiro atoms. The Labute approximate surface area is 111 Å². The lowest BCUT2D eigenvalue weighted by molar-refractivity contribution is -0.119. The average molecular weight is 276 g/mol. The fraction of sp³-hybridized carbons (Fsp3) is 0.667. The van der Waals surface area contributed by atoms with Gasteiger partial charge in [-0.25, -0.2) is 9.97 Å². The third-order valence-electron chi connectivity index (χ3n) is 2.60. The minimum atomic E-state index is -4.25. The van der Waals surface area contributed by atoms with Crippen LogP contribution in [0.15, 0.2) is 0 Å². The van der Waals surface area contributed by atoms with Gasteiger partial charge < -0.3 is 10.2 Å². The maximum Gasteiger partial charge on any atom is 0.405 e. The van der Waals surface area contributed by atoms with Crippen molar-refractivity contribution in [3.05, 3.63) is 11.4 Å². The topological polar surface area (TPSA) is 41.1 Å². The quantitative estimate of drug-likeness (QED) is 0.898. The fourth-order valence-corrected chi connectivity index (χ4v) is 1.76. The Morgan fingerprint density at radius 3 is 2.32 bits per heavy atom. The van der Waals surface area contributed by atoms with Crippen LogP contribution in [-0.4, -0.2) is 36.3 Å². The van der Waals surface area contributed by atoms with Gasteiger partial charge in [-0.2, -0.15) is 13.2 Å². The van der Waals surface area contributed by atoms with Gasteiger partial charge in [0.05, 0.1) is 0 Å². The summed E-state index contributed by atoms with van der Waals surface area (Å²) >= 11 is 0. The lowest BCUT2D eigenvalue weighted by atomic mass is 10.2. The van der Waals surface area contributed by atoms with E-state index >= 15 is 0 Å². The Morgan fingerprint density at radius 2 is 1.84 bits per heavy atom. The molecule has 1 rings (SSSR count). The van der Waals surface area contributed by atoms with Crippen molar-refractivity contribution >= 4 is 11.6 Å². The molecule has 0 aliphatic heterocycles. The van der Waals surface area contributed by atoms with Crippen molar-refractivity contribution < 1.29 is 13.2 Å². The Morgan fingerprint density at radius 1 is 1.21 bits per heavy atom. The zero-order chi connectivity index (χ0) is 14.6. The molecule has 0 atom stereocenters. The molecule has 0 aliphatic carbocycles. The maximum atomic E-state index is 12.5. The van der Waals surface area contributed by atoms with Crippen LogP contribution in [0.2, 0.25) is 0 Å². The van der Waals surface area contributed by atoms with E-state index in [2.05, 4.69) is 15.3 Å². The van der Waals surface area contributed by atoms with E-state index in [1.807, 2.05) is 13.8 Å². The van der Waals surface area contributed by atoms with Crippen LogP contribution in [0.4, 0.5) is 24.8 Å². The molecule has 0 bridgehead atoms. The van der Waals surface area contributed by atoms with Crippen LogP contribution < -0.4 is 10.2 Å². The molecule has 1 N–H and O–H groups in total. The second-order valence-electron chi connectivity index (χ2n) is 4.29. The number of alkyl halides is 3. The van der Waals surface area contributed by atoms with Crippen molar-refractivity contribution in [2.24, 2.45) is 0 Å². The summed E-state index contributed by atoms with van der Waals surface area (Å²) in [6.07, 6.45) is -3.68. The molecule has 108 valence electrons. The molecule has 7 heteroatoms. The van der Waals surface area contributed by atoms with Gasteiger partial charge in [0.15, 0.2) is 0 Å². The number of halogens is 3. The lowest BCUT2D eigenvalue weighted by Gasteiger charge is -2.23. The lowest BCUT2D eigenvalue weighted by Crippen LogP contribution is -2.32. The third-order valence-corrected chi connectivity index (χ3v) is 2.60. The predicted molar refractivity (Wildman–Crippen MR) is 69.6 cm³/mol. The first-order chi connectivity index (χ1) is 8.78. The molecule has 0 aromatic carbocycles. The SMILES string of the molecule is CCNc1nc(CC)nc(N(C)CC(F)(F)F)c1C. The van der Waals surface area contributed by atoms with E-state index in [-0.39, 0.29) is 0 Å². The number of aromatic nitrogens is 2. The van der Waals surface area contributed by atoms with Gasteiger partial charge >= 0.3 is 6.18 Å². The molecule has 1 heterocycles. The van der Waals surface area contributed by atoms with E-state index < -0.39 is 12.7 Å². The van der Waals surface area contributed by atoms with E-state index in [1.165, 1.54) is 7.05 Å². The molecule has 0 amide bonds. The highest BCUT2D eigenvalue weighted by Gasteiger charge is 2.30. The molecule has 0 fully saturated rings. The van der Waals surface area contributed by atoms with Crippen molar-refractivity contribution in [1.82, 2.24) is 9.97 Å². The van der Waals surface area contributed by atoms with E-state index in [4.69, 9.17) is 0 Å². The smallest absolute Gasteiger partial charge is 0.370 e. The first-order valence-electron chi connectivity index (χ1n) is 6.17. The van der Waals surface area contributed by atoms with E-state index in [0.717, 1.165) is 4.90 Å². The minimum absolute atomic E-state index is 0.320. The van der Waals surface area contributed by atoms with Crippen LogP contribution >= 0.6 is 0 Å². The predicted octanol–water partition coefficient (Wildman–Crippen LogP) is 2.78. The average Bonchev–Trinajstić information content (AvgIpc) is 2.29. The van der Waals surface area contributed by atoms with Crippen LogP contribution in [0.25, 0.3) is 0 Å². The largest absolute Gasteiger partial charge is 0.405 e. The Kier molecular flexibility index (Phi) is 4.97. The number of anilines is 2. The van der Waals surface area contributed by atoms with Crippen molar-refractivity contribution in [3.8, 4) is 0 Å². The normalized spacial score (nSPS) is 11.5. The highest BCUT2D eigenvalue weighted by Crippen LogP contribution is 2.26. The summed E-state index contributed by atoms with van der Waals surface area (Å²) in [5, 5.41) is 3.05. The zero-order valence-corrected chi connectivity index (χ0v) is 11.6. The van der Waals surface area contributed by atoms with Gasteiger partial charge in [0.1, 0.15) is 24.0 Å². The highest BCUT2D eigenvalue weighted by molar-refractivity contribution is 5.58. The minimum Gasteiger partial charge on any atom is -0.370 e. The van der Waals surface area contributed by atoms with Crippen LogP contribution in [0.1, 0.15) is 25.2 Å². The Bertz CT molecular complexity index is 432. The summed E-state index contributed by atoms with van der Waals surface area (Å²) in [6, 6.07) is 0. The number of hydrogen-bond donors (Lipinski definition) is 1. The van der Waals surface area contributed by atoms with Crippen LogP contribution in [0.5, 0.6) is 0 Å². The van der Waals surface area contributed by atoms with Gasteiger partial charge in [0.2, 0.25) is 0 Å². The number of rotatable bonds is 5. The van der Waals surface area contributed by atoms with Gasteiger partial charge in [0, 0.05) is 25.6 Å². The molecule has 4 nitrogen and oxygen atoms in total. The van der Waals surface area contributed by atoms with Gasteiger partial charge in [-0.3, -0.25) is 0 Å². The number of nitrogens with zero attached hydrogens (tertiary/aromatic N) is 3. The van der Waals surface area contributed by atoms with Crippen LogP contribution in [0.3, 0.4) is 0 Å². The van der Waals surface area contributed by atoms with E-state index in [1.54, 1.807) is 6.92 Å². The molecule has 19 heavy (non-hydrogen) atoms. The second kappa shape index (κ2) is 6.08. The summed E-state index contributed by atoms with van der Waals surface area (Å²) in [7, 11) is 1.39. The molecule has 0 unspecified atom stereocenters. The van der Waals surface area contributed by atoms with Gasteiger partial charge in [-0.15, -0.1) is 0 Å². The monoisotopic (exact) mass is 276 g/mol. The molecule has 1 aromatic heterocycles. The van der Waals surface area contributed by atoms with Crippen molar-refractivity contribution in [2.75, 3.05) is 30.4 Å². The number of nitrogens with one attached hydrogen (secondary N) is 1. The Hall–Kier alpha value is -1.53. The molecular weight excluding hydrogens is 257 g/mol. The van der Waals surface area contributed by atoms with Gasteiger partial charge in [0.25, 0.3) is 0 Å². The molecule has 0 saturated carbocycles. The van der Waals surface area contributed by atoms with Gasteiger partial charge in [-0.1, -0.05) is 6.92 Å². The van der Waals surface area contributed by atoms with Crippen molar-refractivity contribution in [1.29, 1.82) is 0 Å². The summed E-state index contributed by atoms with van der Waals surface area (Å²) < 4.78 is 37.4. The first-order valence-corrected chi connectivity index (χ1v) is 6.17. The summed E-state index contributed by atoms with van der Waals surface area (Å²) in [4.78, 5) is 9.59. The first kappa shape index (κ1) is 15.5. The summed E-state index contributed by atoms with van der Waals surface area (Å²) in [5.74, 6) is 1.45. The maximum absolute atomic E-state index is 12.5. The number of aryl methyl sites for hydroxylation is 1. The molecular formula is C12H19F3N4. The second-order valence-corrected chi connectivity index (χ2v) is 4.29. The van der Waals surface area contributed by atoms with Crippen LogP contribution in [-0.2, 0) is 6.42 Å². The molecule has 0 radical (unpaired) electrons. The summed E-state index contributed by atoms with van der Waals surface area (Å²) in [6.45, 7) is 5.13. The molecule has 1 aromatic rings. The van der Waals surface area contributed by atoms with E-state index in [9.17, 15) is 13.2 Å².